The summed E-state index contributed by atoms with van der Waals surface area (Å²) in [5.74, 6) is -0.606. The van der Waals surface area contributed by atoms with Crippen LogP contribution in [0.25, 0.3) is 0 Å². The molecule has 0 fully saturated rings. The van der Waals surface area contributed by atoms with Crippen LogP contribution in [0, 0.1) is 0 Å². The molecule has 2 unspecified atom stereocenters. The highest BCUT2D eigenvalue weighted by molar-refractivity contribution is 5.76. The van der Waals surface area contributed by atoms with Gasteiger partial charge in [0.05, 0.1) is 11.7 Å². The fourth-order valence-electron chi connectivity index (χ4n) is 2.16. The van der Waals surface area contributed by atoms with Gasteiger partial charge in [0.1, 0.15) is 0 Å². The van der Waals surface area contributed by atoms with Gasteiger partial charge < -0.3 is 10.4 Å². The third-order valence-electron chi connectivity index (χ3n) is 3.43. The molecule has 0 aromatic heterocycles. The van der Waals surface area contributed by atoms with E-state index in [9.17, 15) is 23.1 Å². The second-order valence-electron chi connectivity index (χ2n) is 5.47. The van der Waals surface area contributed by atoms with E-state index in [1.165, 1.54) is 6.07 Å². The molecule has 6 heteroatoms. The number of hydrogen-bond donors (Lipinski definition) is 2. The molecule has 2 atom stereocenters. The Hall–Kier alpha value is -1.56. The van der Waals surface area contributed by atoms with Gasteiger partial charge in [-0.05, 0) is 24.0 Å². The highest BCUT2D eigenvalue weighted by atomic mass is 19.4. The fourth-order valence-corrected chi connectivity index (χ4v) is 2.16. The first-order valence-corrected chi connectivity index (χ1v) is 7.36. The number of aliphatic hydroxyl groups is 1. The van der Waals surface area contributed by atoms with Crippen molar-refractivity contribution < 1.29 is 23.1 Å². The summed E-state index contributed by atoms with van der Waals surface area (Å²) in [6.07, 6.45) is -3.47. The van der Waals surface area contributed by atoms with Crippen LogP contribution < -0.4 is 5.32 Å². The molecule has 3 nitrogen and oxygen atoms in total. The highest BCUT2D eigenvalue weighted by Gasteiger charge is 2.30. The monoisotopic (exact) mass is 317 g/mol. The van der Waals surface area contributed by atoms with E-state index in [-0.39, 0.29) is 24.8 Å². The van der Waals surface area contributed by atoms with Crippen molar-refractivity contribution >= 4 is 5.91 Å². The van der Waals surface area contributed by atoms with Crippen LogP contribution in [0.1, 0.15) is 50.2 Å². The molecule has 0 aliphatic heterocycles. The van der Waals surface area contributed by atoms with E-state index in [2.05, 4.69) is 5.32 Å². The maximum absolute atomic E-state index is 12.7. The van der Waals surface area contributed by atoms with Crippen molar-refractivity contribution in [3.8, 4) is 0 Å². The molecule has 1 aromatic carbocycles. The highest BCUT2D eigenvalue weighted by Crippen LogP contribution is 2.31. The number of carbonyl (C=O) groups excluding carboxylic acids is 1. The number of amides is 1. The summed E-state index contributed by atoms with van der Waals surface area (Å²) in [6, 6.07) is 5.01. The van der Waals surface area contributed by atoms with Crippen molar-refractivity contribution in [3.63, 3.8) is 0 Å². The summed E-state index contributed by atoms with van der Waals surface area (Å²) < 4.78 is 38.0. The summed E-state index contributed by atoms with van der Waals surface area (Å²) in [5.41, 5.74) is -0.241. The van der Waals surface area contributed by atoms with Gasteiger partial charge in [0.25, 0.3) is 0 Å². The standard InChI is InChI=1S/C16H22F3NO2/c1-3-5-14(21)10-20-15(22)8-11(2)12-6-4-7-13(9-12)16(17,18)19/h4,6-7,9,11,14,21H,3,5,8,10H2,1-2H3,(H,20,22). The Morgan fingerprint density at radius 3 is 2.64 bits per heavy atom. The third-order valence-corrected chi connectivity index (χ3v) is 3.43. The van der Waals surface area contributed by atoms with Crippen LogP contribution in [-0.4, -0.2) is 23.7 Å². The molecule has 22 heavy (non-hydrogen) atoms. The Balaban J connectivity index is 2.58. The topological polar surface area (TPSA) is 49.3 Å². The van der Waals surface area contributed by atoms with Crippen molar-refractivity contribution in [2.24, 2.45) is 0 Å². The summed E-state index contributed by atoms with van der Waals surface area (Å²) in [5, 5.41) is 12.1. The van der Waals surface area contributed by atoms with Gasteiger partial charge in [0, 0.05) is 13.0 Å². The zero-order valence-electron chi connectivity index (χ0n) is 12.8. The molecular weight excluding hydrogens is 295 g/mol. The van der Waals surface area contributed by atoms with Gasteiger partial charge in [-0.15, -0.1) is 0 Å². The lowest BCUT2D eigenvalue weighted by atomic mass is 9.95. The lowest BCUT2D eigenvalue weighted by Gasteiger charge is -2.15. The minimum Gasteiger partial charge on any atom is -0.391 e. The Morgan fingerprint density at radius 2 is 2.05 bits per heavy atom. The van der Waals surface area contributed by atoms with Crippen molar-refractivity contribution in [1.82, 2.24) is 5.32 Å². The van der Waals surface area contributed by atoms with Gasteiger partial charge in [0.15, 0.2) is 0 Å². The minimum atomic E-state index is -4.39. The Bertz CT molecular complexity index is 489. The average molecular weight is 317 g/mol. The Morgan fingerprint density at radius 1 is 1.36 bits per heavy atom. The minimum absolute atomic E-state index is 0.0835. The summed E-state index contributed by atoms with van der Waals surface area (Å²) >= 11 is 0. The zero-order valence-corrected chi connectivity index (χ0v) is 12.8. The van der Waals surface area contributed by atoms with Crippen molar-refractivity contribution in [3.05, 3.63) is 35.4 Å². The van der Waals surface area contributed by atoms with E-state index < -0.39 is 17.8 Å². The molecule has 0 radical (unpaired) electrons. The maximum atomic E-state index is 12.7. The molecule has 0 heterocycles. The third kappa shape index (κ3) is 6.05. The van der Waals surface area contributed by atoms with E-state index in [1.807, 2.05) is 6.92 Å². The van der Waals surface area contributed by atoms with Crippen molar-refractivity contribution in [2.45, 2.75) is 51.3 Å². The van der Waals surface area contributed by atoms with E-state index in [4.69, 9.17) is 0 Å². The number of hydrogen-bond acceptors (Lipinski definition) is 2. The smallest absolute Gasteiger partial charge is 0.391 e. The van der Waals surface area contributed by atoms with Crippen LogP contribution in [0.5, 0.6) is 0 Å². The zero-order chi connectivity index (χ0) is 16.8. The van der Waals surface area contributed by atoms with Gasteiger partial charge in [-0.1, -0.05) is 38.5 Å². The Kier molecular flexibility index (Phi) is 6.87. The van der Waals surface area contributed by atoms with E-state index in [0.29, 0.717) is 12.0 Å². The first kappa shape index (κ1) is 18.5. The molecule has 0 saturated heterocycles. The van der Waals surface area contributed by atoms with Gasteiger partial charge in [-0.25, -0.2) is 0 Å². The molecule has 0 aliphatic rings. The van der Waals surface area contributed by atoms with Crippen LogP contribution in [0.15, 0.2) is 24.3 Å². The second kappa shape index (κ2) is 8.17. The van der Waals surface area contributed by atoms with Crippen LogP contribution >= 0.6 is 0 Å². The molecular formula is C16H22F3NO2. The predicted octanol–water partition coefficient (Wildman–Crippen LogP) is 3.48. The molecule has 1 aromatic rings. The van der Waals surface area contributed by atoms with Gasteiger partial charge >= 0.3 is 6.18 Å². The quantitative estimate of drug-likeness (QED) is 0.809. The van der Waals surface area contributed by atoms with Gasteiger partial charge in [-0.3, -0.25) is 4.79 Å². The van der Waals surface area contributed by atoms with E-state index in [0.717, 1.165) is 18.6 Å². The number of nitrogens with one attached hydrogen (secondary N) is 1. The molecule has 2 N–H and O–H groups in total. The molecule has 0 spiro atoms. The molecule has 0 bridgehead atoms. The van der Waals surface area contributed by atoms with Gasteiger partial charge in [-0.2, -0.15) is 13.2 Å². The molecule has 1 rings (SSSR count). The van der Waals surface area contributed by atoms with Gasteiger partial charge in [0.2, 0.25) is 5.91 Å². The van der Waals surface area contributed by atoms with Crippen molar-refractivity contribution in [1.29, 1.82) is 0 Å². The molecule has 124 valence electrons. The largest absolute Gasteiger partial charge is 0.416 e. The lowest BCUT2D eigenvalue weighted by molar-refractivity contribution is -0.137. The first-order chi connectivity index (χ1) is 10.2. The Labute approximate surface area is 128 Å². The van der Waals surface area contributed by atoms with E-state index in [1.54, 1.807) is 13.0 Å². The van der Waals surface area contributed by atoms with E-state index >= 15 is 0 Å². The fraction of sp³-hybridized carbons (Fsp3) is 0.562. The molecule has 0 saturated carbocycles. The number of alkyl halides is 3. The summed E-state index contributed by atoms with van der Waals surface area (Å²) in [7, 11) is 0. The van der Waals surface area contributed by atoms with Crippen LogP contribution in [0.3, 0.4) is 0 Å². The molecule has 1 amide bonds. The lowest BCUT2D eigenvalue weighted by Crippen LogP contribution is -2.32. The van der Waals surface area contributed by atoms with Crippen LogP contribution in [-0.2, 0) is 11.0 Å². The van der Waals surface area contributed by atoms with Crippen molar-refractivity contribution in [2.75, 3.05) is 6.54 Å². The number of rotatable bonds is 7. The normalized spacial score (nSPS) is 14.5. The van der Waals surface area contributed by atoms with Crippen LogP contribution in [0.4, 0.5) is 13.2 Å². The predicted molar refractivity (Wildman–Crippen MR) is 78.4 cm³/mol. The second-order valence-corrected chi connectivity index (χ2v) is 5.47. The first-order valence-electron chi connectivity index (χ1n) is 7.36. The summed E-state index contributed by atoms with van der Waals surface area (Å²) in [6.45, 7) is 3.81. The SMILES string of the molecule is CCCC(O)CNC(=O)CC(C)c1cccc(C(F)(F)F)c1. The number of halogens is 3. The summed E-state index contributed by atoms with van der Waals surface area (Å²) in [4.78, 5) is 11.8. The number of benzene rings is 1. The average Bonchev–Trinajstić information content (AvgIpc) is 2.44. The number of carbonyl (C=O) groups is 1. The van der Waals surface area contributed by atoms with Crippen LogP contribution in [0.2, 0.25) is 0 Å². The molecule has 0 aliphatic carbocycles. The maximum Gasteiger partial charge on any atom is 0.416 e. The number of aliphatic hydroxyl groups excluding tert-OH is 1.